The van der Waals surface area contributed by atoms with Crippen molar-refractivity contribution < 1.29 is 32.7 Å². The van der Waals surface area contributed by atoms with Gasteiger partial charge < -0.3 is 18.5 Å². The highest BCUT2D eigenvalue weighted by Gasteiger charge is 2.37. The Morgan fingerprint density at radius 2 is 1.63 bits per heavy atom. The van der Waals surface area contributed by atoms with Gasteiger partial charge in [0.25, 0.3) is 0 Å². The van der Waals surface area contributed by atoms with Crippen molar-refractivity contribution >= 4 is 19.5 Å². The number of esters is 2. The molecule has 146 valence electrons. The van der Waals surface area contributed by atoms with Gasteiger partial charge in [0, 0.05) is 11.6 Å². The Morgan fingerprint density at radius 1 is 1.00 bits per heavy atom. The van der Waals surface area contributed by atoms with Crippen LogP contribution in [0.5, 0.6) is 0 Å². The number of rotatable bonds is 9. The van der Waals surface area contributed by atoms with Crippen LogP contribution in [0.3, 0.4) is 0 Å². The Hall–Kier alpha value is -2.39. The number of benzene rings is 1. The molecule has 0 spiro atoms. The maximum Gasteiger partial charge on any atom is 0.368 e. The molecule has 0 unspecified atom stereocenters. The van der Waals surface area contributed by atoms with E-state index in [4.69, 9.17) is 18.5 Å². The first kappa shape index (κ1) is 22.7. The zero-order chi connectivity index (χ0) is 20.1. The number of ether oxygens (including phenoxy) is 2. The Balaban J connectivity index is 2.92. The summed E-state index contributed by atoms with van der Waals surface area (Å²) in [5.41, 5.74) is 0.772. The molecule has 0 amide bonds. The molecule has 0 aliphatic heterocycles. The molecule has 0 radical (unpaired) electrons. The summed E-state index contributed by atoms with van der Waals surface area (Å²) >= 11 is 0. The molecule has 8 heteroatoms. The highest BCUT2D eigenvalue weighted by atomic mass is 31.2. The Morgan fingerprint density at radius 3 is 2.19 bits per heavy atom. The third kappa shape index (κ3) is 7.79. The molecular formula is C19H23O7P. The molecule has 27 heavy (non-hydrogen) atoms. The van der Waals surface area contributed by atoms with Crippen LogP contribution in [0.2, 0.25) is 0 Å². The maximum absolute atomic E-state index is 12.8. The topological polar surface area (TPSA) is 88.1 Å². The van der Waals surface area contributed by atoms with Crippen LogP contribution in [0.15, 0.2) is 41.7 Å². The lowest BCUT2D eigenvalue weighted by atomic mass is 10.2. The molecule has 1 rings (SSSR count). The lowest BCUT2D eigenvalue weighted by Gasteiger charge is -2.18. The summed E-state index contributed by atoms with van der Waals surface area (Å²) in [7, 11) is -4.01. The van der Waals surface area contributed by atoms with Crippen molar-refractivity contribution in [1.82, 2.24) is 0 Å². The molecule has 0 aliphatic rings. The molecule has 0 heterocycles. The zero-order valence-corrected chi connectivity index (χ0v) is 16.5. The van der Waals surface area contributed by atoms with Crippen LogP contribution in [0.4, 0.5) is 0 Å². The van der Waals surface area contributed by atoms with Crippen molar-refractivity contribution in [3.05, 3.63) is 47.3 Å². The molecule has 7 nitrogen and oxygen atoms in total. The first-order chi connectivity index (χ1) is 13.0. The molecule has 0 bridgehead atoms. The summed E-state index contributed by atoms with van der Waals surface area (Å²) in [5, 5.41) is -0.505. The quantitative estimate of drug-likeness (QED) is 0.275. The average Bonchev–Trinajstić information content (AvgIpc) is 2.64. The number of hydrogen-bond donors (Lipinski definition) is 0. The van der Waals surface area contributed by atoms with E-state index in [9.17, 15) is 14.2 Å². The van der Waals surface area contributed by atoms with Crippen molar-refractivity contribution in [3.8, 4) is 11.8 Å². The number of hydrogen-bond acceptors (Lipinski definition) is 7. The molecular weight excluding hydrogens is 371 g/mol. The van der Waals surface area contributed by atoms with Crippen molar-refractivity contribution in [2.45, 2.75) is 20.8 Å². The van der Waals surface area contributed by atoms with Crippen molar-refractivity contribution in [3.63, 3.8) is 0 Å². The Bertz CT molecular complexity index is 749. The smallest absolute Gasteiger partial charge is 0.368 e. The van der Waals surface area contributed by atoms with Gasteiger partial charge >= 0.3 is 19.5 Å². The lowest BCUT2D eigenvalue weighted by Crippen LogP contribution is -2.14. The third-order valence-electron chi connectivity index (χ3n) is 2.93. The van der Waals surface area contributed by atoms with E-state index in [1.54, 1.807) is 20.8 Å². The van der Waals surface area contributed by atoms with Crippen LogP contribution in [0.1, 0.15) is 26.3 Å². The highest BCUT2D eigenvalue weighted by molar-refractivity contribution is 7.60. The summed E-state index contributed by atoms with van der Waals surface area (Å²) in [5.74, 6) is 3.64. The van der Waals surface area contributed by atoms with Gasteiger partial charge in [0.15, 0.2) is 11.9 Å². The summed E-state index contributed by atoms with van der Waals surface area (Å²) in [6.45, 7) is 4.63. The second kappa shape index (κ2) is 12.1. The molecule has 0 N–H and O–H groups in total. The van der Waals surface area contributed by atoms with E-state index in [-0.39, 0.29) is 26.4 Å². The van der Waals surface area contributed by atoms with Gasteiger partial charge in [0.2, 0.25) is 0 Å². The fourth-order valence-corrected chi connectivity index (χ4v) is 3.48. The molecule has 1 aromatic rings. The minimum atomic E-state index is -4.01. The van der Waals surface area contributed by atoms with E-state index >= 15 is 0 Å². The number of carbonyl (C=O) groups excluding carboxylic acids is 2. The van der Waals surface area contributed by atoms with Gasteiger partial charge in [0.05, 0.1) is 19.8 Å². The van der Waals surface area contributed by atoms with E-state index in [1.165, 1.54) is 0 Å². The first-order valence-corrected chi connectivity index (χ1v) is 10.00. The van der Waals surface area contributed by atoms with Crippen LogP contribution in [0.25, 0.3) is 0 Å². The van der Waals surface area contributed by atoms with Crippen molar-refractivity contribution in [1.29, 1.82) is 0 Å². The largest absolute Gasteiger partial charge is 0.462 e. The monoisotopic (exact) mass is 394 g/mol. The van der Waals surface area contributed by atoms with Gasteiger partial charge in [-0.05, 0) is 32.9 Å². The van der Waals surface area contributed by atoms with Gasteiger partial charge in [-0.15, -0.1) is 0 Å². The van der Waals surface area contributed by atoms with E-state index in [2.05, 4.69) is 11.8 Å². The van der Waals surface area contributed by atoms with Crippen LogP contribution >= 0.6 is 7.60 Å². The average molecular weight is 394 g/mol. The van der Waals surface area contributed by atoms with Crippen molar-refractivity contribution in [2.75, 3.05) is 26.4 Å². The maximum atomic E-state index is 12.8. The summed E-state index contributed by atoms with van der Waals surface area (Å²) in [6, 6.07) is 9.16. The van der Waals surface area contributed by atoms with Gasteiger partial charge in [-0.25, -0.2) is 9.59 Å². The normalized spacial score (nSPS) is 11.3. The van der Waals surface area contributed by atoms with E-state index in [1.807, 2.05) is 30.3 Å². The zero-order valence-electron chi connectivity index (χ0n) is 15.6. The van der Waals surface area contributed by atoms with Crippen LogP contribution in [-0.4, -0.2) is 38.4 Å². The minimum Gasteiger partial charge on any atom is -0.462 e. The standard InChI is InChI=1S/C19H23O7P/c1-4-23-19(21)17(27(22,25-5-2)26-6-3)15-18(20)24-14-10-13-16-11-8-7-9-12-16/h7-9,11-12,15H,4-6,14H2,1-3H3/b17-15+. The summed E-state index contributed by atoms with van der Waals surface area (Å²) in [4.78, 5) is 24.2. The molecule has 0 saturated carbocycles. The predicted molar refractivity (Wildman–Crippen MR) is 99.9 cm³/mol. The predicted octanol–water partition coefficient (Wildman–Crippen LogP) is 3.29. The van der Waals surface area contributed by atoms with Crippen LogP contribution in [-0.2, 0) is 32.7 Å². The molecule has 0 aliphatic carbocycles. The van der Waals surface area contributed by atoms with Gasteiger partial charge in [-0.2, -0.15) is 0 Å². The second-order valence-electron chi connectivity index (χ2n) is 4.86. The molecule has 0 saturated heterocycles. The third-order valence-corrected chi connectivity index (χ3v) is 5.02. The molecule has 0 atom stereocenters. The number of carbonyl (C=O) groups is 2. The summed E-state index contributed by atoms with van der Waals surface area (Å²) in [6.07, 6.45) is 0.772. The van der Waals surface area contributed by atoms with E-state index in [0.29, 0.717) is 0 Å². The van der Waals surface area contributed by atoms with Gasteiger partial charge in [-0.3, -0.25) is 4.57 Å². The van der Waals surface area contributed by atoms with Gasteiger partial charge in [0.1, 0.15) is 0 Å². The Labute approximate surface area is 159 Å². The lowest BCUT2D eigenvalue weighted by molar-refractivity contribution is -0.140. The fourth-order valence-electron chi connectivity index (χ4n) is 1.89. The van der Waals surface area contributed by atoms with Gasteiger partial charge in [-0.1, -0.05) is 30.0 Å². The molecule has 0 aromatic heterocycles. The SMILES string of the molecule is CCOC(=O)/C(=C\C(=O)OCC#Cc1ccccc1)P(=O)(OCC)OCC. The van der Waals surface area contributed by atoms with Crippen LogP contribution < -0.4 is 0 Å². The van der Waals surface area contributed by atoms with Crippen LogP contribution in [0, 0.1) is 11.8 Å². The van der Waals surface area contributed by atoms with E-state index in [0.717, 1.165) is 11.6 Å². The fraction of sp³-hybridized carbons (Fsp3) is 0.368. The first-order valence-electron chi connectivity index (χ1n) is 8.46. The Kier molecular flexibility index (Phi) is 10.1. The minimum absolute atomic E-state index is 0.0195. The second-order valence-corrected chi connectivity index (χ2v) is 6.85. The summed E-state index contributed by atoms with van der Waals surface area (Å²) < 4.78 is 32.9. The van der Waals surface area contributed by atoms with E-state index < -0.39 is 24.8 Å². The molecule has 0 fully saturated rings. The highest BCUT2D eigenvalue weighted by Crippen LogP contribution is 2.56. The van der Waals surface area contributed by atoms with Crippen molar-refractivity contribution in [2.24, 2.45) is 0 Å². The molecule has 1 aromatic carbocycles.